The smallest absolute Gasteiger partial charge is 0.331 e. The number of alkyl halides is 1. The molecule has 1 N–H and O–H groups in total. The Balaban J connectivity index is 2.25. The number of carbonyl (C=O) groups is 3. The number of nitrogens with one attached hydrogen (secondary N) is 1. The average molecular weight is 379 g/mol. The Labute approximate surface area is 148 Å². The van der Waals surface area contributed by atoms with Crippen LogP contribution in [0.5, 0.6) is 0 Å². The molecule has 0 saturated carbocycles. The summed E-state index contributed by atoms with van der Waals surface area (Å²) in [4.78, 5) is 38.4. The number of nitrogens with zero attached hydrogens (tertiary/aromatic N) is 2. The van der Waals surface area contributed by atoms with Crippen LogP contribution >= 0.6 is 34.8 Å². The minimum atomic E-state index is -0.767. The number of rotatable bonds is 3. The second-order valence-corrected chi connectivity index (χ2v) is 6.81. The van der Waals surface area contributed by atoms with Gasteiger partial charge < -0.3 is 5.32 Å². The normalized spacial score (nSPS) is 15.3. The van der Waals surface area contributed by atoms with Crippen molar-refractivity contribution < 1.29 is 14.4 Å². The lowest BCUT2D eigenvalue weighted by atomic mass is 10.1. The zero-order chi connectivity index (χ0) is 17.4. The number of urea groups is 2. The summed E-state index contributed by atoms with van der Waals surface area (Å²) < 4.78 is 0. The number of hydrogen-bond acceptors (Lipinski definition) is 3. The lowest BCUT2D eigenvalue weighted by molar-refractivity contribution is -0.116. The highest BCUT2D eigenvalue weighted by Gasteiger charge is 2.42. The molecule has 23 heavy (non-hydrogen) atoms. The molecule has 0 radical (unpaired) electrons. The van der Waals surface area contributed by atoms with E-state index in [1.807, 2.05) is 0 Å². The number of carbonyl (C=O) groups excluding carboxylic acids is 3. The van der Waals surface area contributed by atoms with E-state index in [9.17, 15) is 14.4 Å². The molecule has 124 valence electrons. The molecule has 1 saturated heterocycles. The predicted octanol–water partition coefficient (Wildman–Crippen LogP) is 3.49. The summed E-state index contributed by atoms with van der Waals surface area (Å²) >= 11 is 17.5. The molecule has 1 aromatic rings. The van der Waals surface area contributed by atoms with E-state index in [0.29, 0.717) is 0 Å². The summed E-state index contributed by atoms with van der Waals surface area (Å²) in [6, 6.07) is 2.87. The average Bonchev–Trinajstić information content (AvgIpc) is 2.72. The molecule has 9 heteroatoms. The lowest BCUT2D eigenvalue weighted by Gasteiger charge is -2.26. The zero-order valence-electron chi connectivity index (χ0n) is 12.4. The van der Waals surface area contributed by atoms with Crippen LogP contribution in [0.2, 0.25) is 10.0 Å². The molecule has 0 aliphatic carbocycles. The third-order valence-corrected chi connectivity index (χ3v) is 4.20. The van der Waals surface area contributed by atoms with Gasteiger partial charge in [-0.15, -0.1) is 11.6 Å². The fourth-order valence-corrected chi connectivity index (χ4v) is 2.55. The summed E-state index contributed by atoms with van der Waals surface area (Å²) in [5, 5.41) is 3.15. The molecule has 1 fully saturated rings. The van der Waals surface area contributed by atoms with Crippen molar-refractivity contribution >= 4 is 58.5 Å². The van der Waals surface area contributed by atoms with Crippen LogP contribution in [0.1, 0.15) is 13.8 Å². The second kappa shape index (κ2) is 6.55. The Hall–Kier alpha value is -1.50. The Kier molecular flexibility index (Phi) is 5.08. The summed E-state index contributed by atoms with van der Waals surface area (Å²) in [6.45, 7) is 3.04. The molecule has 0 bridgehead atoms. The molecule has 0 aromatic heterocycles. The highest BCUT2D eigenvalue weighted by molar-refractivity contribution is 6.35. The fourth-order valence-electron chi connectivity index (χ4n) is 1.97. The van der Waals surface area contributed by atoms with Gasteiger partial charge in [-0.25, -0.2) is 19.4 Å². The van der Waals surface area contributed by atoms with Crippen molar-refractivity contribution in [2.24, 2.45) is 0 Å². The molecule has 0 atom stereocenters. The first kappa shape index (κ1) is 17.8. The van der Waals surface area contributed by atoms with E-state index in [-0.39, 0.29) is 28.2 Å². The summed E-state index contributed by atoms with van der Waals surface area (Å²) in [7, 11) is 0. The van der Waals surface area contributed by atoms with Crippen LogP contribution in [0.4, 0.5) is 15.3 Å². The predicted molar refractivity (Wildman–Crippen MR) is 89.4 cm³/mol. The number of halogens is 3. The molecule has 2 rings (SSSR count). The van der Waals surface area contributed by atoms with Crippen LogP contribution in [-0.4, -0.2) is 40.8 Å². The monoisotopic (exact) mass is 377 g/mol. The largest absolute Gasteiger partial charge is 0.340 e. The van der Waals surface area contributed by atoms with Crippen LogP contribution in [0.25, 0.3) is 0 Å². The number of hydrogen-bond donors (Lipinski definition) is 1. The van der Waals surface area contributed by atoms with Crippen LogP contribution in [0.15, 0.2) is 18.2 Å². The number of amides is 5. The standard InChI is InChI=1S/C14H14Cl3N3O3/c1-14(2,7-15)18-12(22)19-6-11(21)20(13(19)23)10-4-8(16)3-9(17)5-10/h3-5H,6-7H2,1-2H3,(H,18,22). The van der Waals surface area contributed by atoms with Gasteiger partial charge in [0, 0.05) is 21.5 Å². The van der Waals surface area contributed by atoms with E-state index in [1.54, 1.807) is 13.8 Å². The molecule has 6 nitrogen and oxygen atoms in total. The van der Waals surface area contributed by atoms with Gasteiger partial charge in [-0.05, 0) is 32.0 Å². The summed E-state index contributed by atoms with van der Waals surface area (Å²) in [5.41, 5.74) is -0.501. The third kappa shape index (κ3) is 3.88. The highest BCUT2D eigenvalue weighted by atomic mass is 35.5. The Morgan fingerprint density at radius 1 is 1.22 bits per heavy atom. The molecule has 1 aliphatic rings. The van der Waals surface area contributed by atoms with Gasteiger partial charge in [0.2, 0.25) is 0 Å². The molecule has 1 heterocycles. The zero-order valence-corrected chi connectivity index (χ0v) is 14.7. The number of anilines is 1. The molecule has 5 amide bonds. The summed E-state index contributed by atoms with van der Waals surface area (Å²) in [5.74, 6) is -0.394. The second-order valence-electron chi connectivity index (χ2n) is 5.67. The number of benzene rings is 1. The van der Waals surface area contributed by atoms with Gasteiger partial charge >= 0.3 is 12.1 Å². The molecule has 0 unspecified atom stereocenters. The Bertz CT molecular complexity index is 658. The topological polar surface area (TPSA) is 69.7 Å². The fraction of sp³-hybridized carbons (Fsp3) is 0.357. The first-order chi connectivity index (χ1) is 10.6. The van der Waals surface area contributed by atoms with E-state index < -0.39 is 23.5 Å². The molecule has 1 aliphatic heterocycles. The van der Waals surface area contributed by atoms with Gasteiger partial charge in [0.15, 0.2) is 0 Å². The van der Waals surface area contributed by atoms with Gasteiger partial charge in [0.05, 0.1) is 5.69 Å². The SMILES string of the molecule is CC(C)(CCl)NC(=O)N1CC(=O)N(c2cc(Cl)cc(Cl)c2)C1=O. The molecule has 1 aromatic carbocycles. The lowest BCUT2D eigenvalue weighted by Crippen LogP contribution is -2.52. The highest BCUT2D eigenvalue weighted by Crippen LogP contribution is 2.28. The maximum Gasteiger partial charge on any atom is 0.340 e. The minimum Gasteiger partial charge on any atom is -0.331 e. The van der Waals surface area contributed by atoms with Crippen molar-refractivity contribution in [3.63, 3.8) is 0 Å². The van der Waals surface area contributed by atoms with E-state index in [0.717, 1.165) is 9.80 Å². The minimum absolute atomic E-state index is 0.155. The summed E-state index contributed by atoms with van der Waals surface area (Å²) in [6.07, 6.45) is 0. The first-order valence-corrected chi connectivity index (χ1v) is 7.92. The maximum atomic E-state index is 12.4. The van der Waals surface area contributed by atoms with Crippen molar-refractivity contribution in [2.75, 3.05) is 17.3 Å². The van der Waals surface area contributed by atoms with E-state index in [2.05, 4.69) is 5.32 Å². The van der Waals surface area contributed by atoms with Crippen LogP contribution in [0.3, 0.4) is 0 Å². The third-order valence-electron chi connectivity index (χ3n) is 3.10. The van der Waals surface area contributed by atoms with Crippen molar-refractivity contribution in [1.29, 1.82) is 0 Å². The van der Waals surface area contributed by atoms with Crippen LogP contribution < -0.4 is 10.2 Å². The van der Waals surface area contributed by atoms with Gasteiger partial charge in [-0.1, -0.05) is 23.2 Å². The van der Waals surface area contributed by atoms with Crippen LogP contribution in [-0.2, 0) is 4.79 Å². The van der Waals surface area contributed by atoms with Gasteiger partial charge in [0.25, 0.3) is 5.91 Å². The van der Waals surface area contributed by atoms with Gasteiger partial charge in [-0.3, -0.25) is 4.79 Å². The van der Waals surface area contributed by atoms with Crippen molar-refractivity contribution in [3.05, 3.63) is 28.2 Å². The molecular weight excluding hydrogens is 365 g/mol. The van der Waals surface area contributed by atoms with E-state index in [4.69, 9.17) is 34.8 Å². The Morgan fingerprint density at radius 3 is 2.30 bits per heavy atom. The van der Waals surface area contributed by atoms with Gasteiger partial charge in [-0.2, -0.15) is 0 Å². The first-order valence-electron chi connectivity index (χ1n) is 6.63. The van der Waals surface area contributed by atoms with Crippen LogP contribution in [0, 0.1) is 0 Å². The van der Waals surface area contributed by atoms with E-state index in [1.165, 1.54) is 18.2 Å². The van der Waals surface area contributed by atoms with Crippen molar-refractivity contribution in [1.82, 2.24) is 10.2 Å². The van der Waals surface area contributed by atoms with Crippen molar-refractivity contribution in [3.8, 4) is 0 Å². The number of imide groups is 2. The molecule has 0 spiro atoms. The molecular formula is C14H14Cl3N3O3. The van der Waals surface area contributed by atoms with Crippen molar-refractivity contribution in [2.45, 2.75) is 19.4 Å². The maximum absolute atomic E-state index is 12.4. The quantitative estimate of drug-likeness (QED) is 0.646. The van der Waals surface area contributed by atoms with E-state index >= 15 is 0 Å². The Morgan fingerprint density at radius 2 is 1.78 bits per heavy atom. The van der Waals surface area contributed by atoms with Gasteiger partial charge in [0.1, 0.15) is 6.54 Å².